The smallest absolute Gasteiger partial charge is 0.326 e. The molecule has 2 aromatic carbocycles. The van der Waals surface area contributed by atoms with Crippen LogP contribution in [0.1, 0.15) is 102 Å². The maximum absolute atomic E-state index is 13.8. The number of amides is 9. The molecule has 0 aromatic heterocycles. The highest BCUT2D eigenvalue weighted by Gasteiger charge is 2.32. The van der Waals surface area contributed by atoms with Gasteiger partial charge in [0.1, 0.15) is 54.4 Å². The zero-order valence-electron chi connectivity index (χ0n) is 40.7. The molecule has 0 radical (unpaired) electrons. The maximum Gasteiger partial charge on any atom is 0.326 e. The van der Waals surface area contributed by atoms with E-state index in [9.17, 15) is 53.1 Å². The number of hydrogen-bond donors (Lipinski definition) is 13. The Bertz CT molecular complexity index is 2090. The molecule has 0 aliphatic heterocycles. The predicted octanol–water partition coefficient (Wildman–Crippen LogP) is -1.66. The van der Waals surface area contributed by atoms with Gasteiger partial charge in [-0.15, -0.1) is 0 Å². The highest BCUT2D eigenvalue weighted by atomic mass is 16.4. The van der Waals surface area contributed by atoms with E-state index >= 15 is 0 Å². The predicted molar refractivity (Wildman–Crippen MR) is 260 cm³/mol. The molecular formula is C47H72N12O11. The number of carbonyl (C=O) groups is 10. The van der Waals surface area contributed by atoms with Crippen LogP contribution in [0.2, 0.25) is 0 Å². The van der Waals surface area contributed by atoms with Crippen molar-refractivity contribution in [3.63, 3.8) is 0 Å². The SMILES string of the molecule is CC[C@H](NC(=O)[C@H](Cc1ccccc1)NC(=O)[C@H](C)NC(=O)[C@H](C)NC(=O)[C@H](CCCCN)NC(=O)c1ccc(N)cc1)C(=O)N[C@@H](C)C(=O)N[C@@H](C)C(=O)N[C@@H](C)C(=O)N[C@@H](CCCCN)C(=O)O. The minimum atomic E-state index is -1.26. The summed E-state index contributed by atoms with van der Waals surface area (Å²) in [5.41, 5.74) is 18.2. The number of nitrogen functional groups attached to an aromatic ring is 1. The summed E-state index contributed by atoms with van der Waals surface area (Å²) in [7, 11) is 0. The highest BCUT2D eigenvalue weighted by Crippen LogP contribution is 2.10. The van der Waals surface area contributed by atoms with Crippen LogP contribution in [0.15, 0.2) is 54.6 Å². The zero-order chi connectivity index (χ0) is 52.5. The van der Waals surface area contributed by atoms with Crippen LogP contribution in [0.3, 0.4) is 0 Å². The molecule has 386 valence electrons. The lowest BCUT2D eigenvalue weighted by atomic mass is 10.0. The highest BCUT2D eigenvalue weighted by molar-refractivity contribution is 6.00. The van der Waals surface area contributed by atoms with Crippen molar-refractivity contribution in [1.82, 2.24) is 47.9 Å². The first kappa shape index (κ1) is 59.0. The lowest BCUT2D eigenvalue weighted by molar-refractivity contribution is -0.142. The molecule has 0 aliphatic carbocycles. The summed E-state index contributed by atoms with van der Waals surface area (Å²) in [6, 6.07) is 4.20. The third-order valence-electron chi connectivity index (χ3n) is 11.0. The summed E-state index contributed by atoms with van der Waals surface area (Å²) in [4.78, 5) is 131. The van der Waals surface area contributed by atoms with Crippen molar-refractivity contribution < 1.29 is 53.1 Å². The van der Waals surface area contributed by atoms with Crippen molar-refractivity contribution in [3.05, 3.63) is 65.7 Å². The summed E-state index contributed by atoms with van der Waals surface area (Å²) in [5, 5.41) is 32.2. The fourth-order valence-corrected chi connectivity index (χ4v) is 6.64. The van der Waals surface area contributed by atoms with Crippen LogP contribution in [-0.2, 0) is 49.6 Å². The van der Waals surface area contributed by atoms with E-state index in [4.69, 9.17) is 17.2 Å². The number of carboxylic acids is 1. The third kappa shape index (κ3) is 20.6. The number of carboxylic acid groups (broad SMARTS) is 1. The van der Waals surface area contributed by atoms with Gasteiger partial charge in [0.25, 0.3) is 5.91 Å². The van der Waals surface area contributed by atoms with E-state index in [1.807, 2.05) is 0 Å². The minimum Gasteiger partial charge on any atom is -0.480 e. The molecule has 0 fully saturated rings. The first-order valence-corrected chi connectivity index (χ1v) is 23.4. The van der Waals surface area contributed by atoms with Gasteiger partial charge in [-0.1, -0.05) is 37.3 Å². The molecule has 0 saturated heterocycles. The van der Waals surface area contributed by atoms with Crippen molar-refractivity contribution in [2.75, 3.05) is 18.8 Å². The largest absolute Gasteiger partial charge is 0.480 e. The minimum absolute atomic E-state index is 0.0226. The number of unbranched alkanes of at least 4 members (excludes halogenated alkanes) is 2. The third-order valence-corrected chi connectivity index (χ3v) is 11.0. The standard InChI is InChI=1S/C47H72N12O11/c1-7-34(44(66)54-27(3)39(61)51-26(2)38(60)52-29(5)41(63)58-36(47(69)70)18-12-14-24-49)56-46(68)37(25-31-15-9-8-10-16-31)59-42(64)30(6)53-40(62)28(4)55-45(67)35(17-11-13-23-48)57-43(65)32-19-21-33(50)22-20-32/h8-10,15-16,19-22,26-30,34-37H,7,11-14,17-18,23-25,48-50H2,1-6H3,(H,51,61)(H,52,60)(H,53,62)(H,54,66)(H,55,67)(H,56,68)(H,57,65)(H,58,63)(H,59,64)(H,69,70)/t26-,27-,28-,29-,30-,34-,35-,36-,37-/m0/s1. The van der Waals surface area contributed by atoms with E-state index in [0.29, 0.717) is 50.0 Å². The molecular weight excluding hydrogens is 909 g/mol. The van der Waals surface area contributed by atoms with Crippen LogP contribution in [0.25, 0.3) is 0 Å². The number of carbonyl (C=O) groups excluding carboxylic acids is 9. The first-order chi connectivity index (χ1) is 33.1. The number of anilines is 1. The van der Waals surface area contributed by atoms with Crippen molar-refractivity contribution in [2.45, 2.75) is 147 Å². The van der Waals surface area contributed by atoms with E-state index in [1.54, 1.807) is 49.4 Å². The van der Waals surface area contributed by atoms with Gasteiger partial charge in [-0.05, 0) is 122 Å². The van der Waals surface area contributed by atoms with Gasteiger partial charge in [0, 0.05) is 17.7 Å². The number of hydrogen-bond acceptors (Lipinski definition) is 13. The molecule has 9 amide bonds. The van der Waals surface area contributed by atoms with Crippen LogP contribution >= 0.6 is 0 Å². The summed E-state index contributed by atoms with van der Waals surface area (Å²) in [6.07, 6.45) is 2.54. The number of rotatable bonds is 30. The fraction of sp³-hybridized carbons (Fsp3) is 0.532. The van der Waals surface area contributed by atoms with Gasteiger partial charge in [0.05, 0.1) is 0 Å². The summed E-state index contributed by atoms with van der Waals surface area (Å²) in [6.45, 7) is 9.16. The van der Waals surface area contributed by atoms with Gasteiger partial charge in [0.15, 0.2) is 0 Å². The number of nitrogens with two attached hydrogens (primary N) is 3. The summed E-state index contributed by atoms with van der Waals surface area (Å²) >= 11 is 0. The van der Waals surface area contributed by atoms with Crippen molar-refractivity contribution in [3.8, 4) is 0 Å². The molecule has 23 nitrogen and oxygen atoms in total. The van der Waals surface area contributed by atoms with E-state index in [2.05, 4.69) is 47.9 Å². The van der Waals surface area contributed by atoms with E-state index in [1.165, 1.54) is 46.8 Å². The monoisotopic (exact) mass is 981 g/mol. The molecule has 2 aromatic rings. The molecule has 0 heterocycles. The Labute approximate surface area is 408 Å². The molecule has 9 atom stereocenters. The van der Waals surface area contributed by atoms with Crippen molar-refractivity contribution in [1.29, 1.82) is 0 Å². The molecule has 0 bridgehead atoms. The molecule has 16 N–H and O–H groups in total. The second-order valence-electron chi connectivity index (χ2n) is 17.0. The Balaban J connectivity index is 2.05. The normalized spacial score (nSPS) is 14.7. The van der Waals surface area contributed by atoms with Crippen molar-refractivity contribution in [2.24, 2.45) is 11.5 Å². The van der Waals surface area contributed by atoms with Crippen LogP contribution in [0.5, 0.6) is 0 Å². The molecule has 0 aliphatic rings. The Morgan fingerprint density at radius 1 is 0.457 bits per heavy atom. The molecule has 70 heavy (non-hydrogen) atoms. The van der Waals surface area contributed by atoms with Gasteiger partial charge in [-0.25, -0.2) is 4.79 Å². The number of aliphatic carboxylic acids is 1. The number of nitrogens with one attached hydrogen (secondary N) is 9. The maximum atomic E-state index is 13.8. The van der Waals surface area contributed by atoms with Gasteiger partial charge >= 0.3 is 5.97 Å². The summed E-state index contributed by atoms with van der Waals surface area (Å²) in [5.74, 6) is -7.71. The average molecular weight is 981 g/mol. The molecule has 23 heteroatoms. The van der Waals surface area contributed by atoms with Crippen LogP contribution < -0.4 is 65.1 Å². The second-order valence-corrected chi connectivity index (χ2v) is 17.0. The molecule has 0 spiro atoms. The Kier molecular flexibility index (Phi) is 25.6. The Hall–Kier alpha value is -7.14. The zero-order valence-corrected chi connectivity index (χ0v) is 40.7. The van der Waals surface area contributed by atoms with Gasteiger partial charge in [-0.3, -0.25) is 43.2 Å². The Morgan fingerprint density at radius 2 is 0.829 bits per heavy atom. The van der Waals surface area contributed by atoms with Gasteiger partial charge in [0.2, 0.25) is 47.3 Å². The lowest BCUT2D eigenvalue weighted by Crippen LogP contribution is -2.59. The average Bonchev–Trinajstić information content (AvgIpc) is 3.32. The second kappa shape index (κ2) is 30.4. The Morgan fingerprint density at radius 3 is 1.26 bits per heavy atom. The van der Waals surface area contributed by atoms with Crippen LogP contribution in [0.4, 0.5) is 5.69 Å². The van der Waals surface area contributed by atoms with E-state index in [-0.39, 0.29) is 31.2 Å². The quantitative estimate of drug-likeness (QED) is 0.0308. The van der Waals surface area contributed by atoms with Crippen LogP contribution in [-0.4, -0.2) is 132 Å². The molecule has 0 unspecified atom stereocenters. The van der Waals surface area contributed by atoms with Gasteiger partial charge < -0.3 is 70.2 Å². The van der Waals surface area contributed by atoms with Crippen LogP contribution in [0, 0.1) is 0 Å². The van der Waals surface area contributed by atoms with E-state index in [0.717, 1.165) is 0 Å². The topological polar surface area (TPSA) is 377 Å². The number of benzene rings is 2. The van der Waals surface area contributed by atoms with Gasteiger partial charge in [-0.2, -0.15) is 0 Å². The summed E-state index contributed by atoms with van der Waals surface area (Å²) < 4.78 is 0. The van der Waals surface area contributed by atoms with E-state index < -0.39 is 114 Å². The molecule has 2 rings (SSSR count). The fourth-order valence-electron chi connectivity index (χ4n) is 6.64. The lowest BCUT2D eigenvalue weighted by Gasteiger charge is -2.26. The van der Waals surface area contributed by atoms with Crippen molar-refractivity contribution >= 4 is 64.8 Å². The first-order valence-electron chi connectivity index (χ1n) is 23.4. The molecule has 0 saturated carbocycles.